The lowest BCUT2D eigenvalue weighted by Gasteiger charge is -1.98. The van der Waals surface area contributed by atoms with E-state index in [1.54, 1.807) is 0 Å². The molecule has 0 aromatic heterocycles. The molecule has 2 nitrogen and oxygen atoms in total. The molecule has 0 saturated heterocycles. The summed E-state index contributed by atoms with van der Waals surface area (Å²) in [5, 5.41) is 0. The molecule has 0 rings (SSSR count). The first kappa shape index (κ1) is 7.78. The van der Waals surface area contributed by atoms with Gasteiger partial charge in [-0.2, -0.15) is 8.78 Å². The number of halogens is 2. The number of ether oxygens (including phenoxy) is 2. The zero-order valence-electron chi connectivity index (χ0n) is 4.27. The lowest BCUT2D eigenvalue weighted by molar-refractivity contribution is -0.135. The van der Waals surface area contributed by atoms with Gasteiger partial charge >= 0.3 is 6.61 Å². The molecule has 0 unspecified atom stereocenters. The first-order valence-corrected chi connectivity index (χ1v) is 2.04. The fraction of sp³-hybridized carbons (Fsp3) is 0.750. The molecule has 0 aliphatic rings. The van der Waals surface area contributed by atoms with Crippen LogP contribution in [-0.4, -0.2) is 19.8 Å². The summed E-state index contributed by atoms with van der Waals surface area (Å²) in [6, 6.07) is 0. The minimum absolute atomic E-state index is 0.102. The average Bonchev–Trinajstić information content (AvgIpc) is 1.66. The van der Waals surface area contributed by atoms with Gasteiger partial charge in [-0.15, -0.1) is 0 Å². The Hall–Kier alpha value is -0.220. The number of rotatable bonds is 4. The van der Waals surface area contributed by atoms with Crippen molar-refractivity contribution in [3.8, 4) is 0 Å². The van der Waals surface area contributed by atoms with Crippen LogP contribution in [0.4, 0.5) is 8.78 Å². The molecule has 0 aliphatic carbocycles. The lowest BCUT2D eigenvalue weighted by Crippen LogP contribution is -2.04. The molecule has 8 heavy (non-hydrogen) atoms. The van der Waals surface area contributed by atoms with Gasteiger partial charge in [-0.1, -0.05) is 0 Å². The van der Waals surface area contributed by atoms with Gasteiger partial charge in [-0.05, 0) is 0 Å². The van der Waals surface area contributed by atoms with Crippen molar-refractivity contribution in [2.24, 2.45) is 0 Å². The second kappa shape index (κ2) is 4.93. The van der Waals surface area contributed by atoms with Gasteiger partial charge in [0.1, 0.15) is 0 Å². The molecule has 0 spiro atoms. The van der Waals surface area contributed by atoms with Crippen molar-refractivity contribution < 1.29 is 18.3 Å². The molecular weight excluding hydrogens is 118 g/mol. The Labute approximate surface area is 46.4 Å². The van der Waals surface area contributed by atoms with Gasteiger partial charge in [0.15, 0.2) is 0 Å². The first-order chi connectivity index (χ1) is 3.77. The van der Waals surface area contributed by atoms with Gasteiger partial charge < -0.3 is 9.47 Å². The maximum absolute atomic E-state index is 11.1. The summed E-state index contributed by atoms with van der Waals surface area (Å²) in [4.78, 5) is 0. The highest BCUT2D eigenvalue weighted by atomic mass is 19.3. The van der Waals surface area contributed by atoms with Crippen molar-refractivity contribution in [3.63, 3.8) is 0 Å². The SMILES string of the molecule is [CH2]OCCOC(F)F. The van der Waals surface area contributed by atoms with Crippen molar-refractivity contribution in [3.05, 3.63) is 7.11 Å². The third-order valence-electron chi connectivity index (χ3n) is 0.472. The third kappa shape index (κ3) is 5.78. The fourth-order valence-electron chi connectivity index (χ4n) is 0.196. The maximum atomic E-state index is 11.1. The minimum atomic E-state index is -2.70. The molecule has 49 valence electrons. The Morgan fingerprint density at radius 1 is 1.38 bits per heavy atom. The third-order valence-corrected chi connectivity index (χ3v) is 0.472. The normalized spacial score (nSPS) is 10.5. The van der Waals surface area contributed by atoms with Gasteiger partial charge in [-0.3, -0.25) is 0 Å². The molecule has 0 aliphatic heterocycles. The Morgan fingerprint density at radius 2 is 2.00 bits per heavy atom. The largest absolute Gasteiger partial charge is 0.377 e. The topological polar surface area (TPSA) is 18.5 Å². The molecular formula is C4H7F2O2. The van der Waals surface area contributed by atoms with Crippen LogP contribution in [0.3, 0.4) is 0 Å². The van der Waals surface area contributed by atoms with Crippen molar-refractivity contribution in [2.75, 3.05) is 13.2 Å². The molecule has 1 radical (unpaired) electrons. The van der Waals surface area contributed by atoms with Crippen molar-refractivity contribution in [1.29, 1.82) is 0 Å². The standard InChI is InChI=1S/C4H7F2O2/c1-7-2-3-8-4(5)6/h4H,1-3H2. The lowest BCUT2D eigenvalue weighted by atomic mass is 10.8. The molecule has 0 saturated carbocycles. The summed E-state index contributed by atoms with van der Waals surface area (Å²) in [6.45, 7) is -2.71. The highest BCUT2D eigenvalue weighted by Crippen LogP contribution is 1.92. The van der Waals surface area contributed by atoms with E-state index in [9.17, 15) is 8.78 Å². The van der Waals surface area contributed by atoms with E-state index >= 15 is 0 Å². The summed E-state index contributed by atoms with van der Waals surface area (Å²) in [5.74, 6) is 0. The smallest absolute Gasteiger partial charge is 0.345 e. The van der Waals surface area contributed by atoms with E-state index in [0.29, 0.717) is 0 Å². The number of alkyl halides is 2. The minimum Gasteiger partial charge on any atom is -0.377 e. The molecule has 0 aromatic rings. The Balaban J connectivity index is 2.72. The van der Waals surface area contributed by atoms with Gasteiger partial charge in [0, 0.05) is 0 Å². The molecule has 0 amide bonds. The van der Waals surface area contributed by atoms with E-state index in [1.807, 2.05) is 0 Å². The second-order valence-electron chi connectivity index (χ2n) is 1.04. The van der Waals surface area contributed by atoms with Gasteiger partial charge in [-0.25, -0.2) is 0 Å². The highest BCUT2D eigenvalue weighted by Gasteiger charge is 1.98. The van der Waals surface area contributed by atoms with Crippen LogP contribution in [0.1, 0.15) is 0 Å². The van der Waals surface area contributed by atoms with Crippen LogP contribution in [-0.2, 0) is 9.47 Å². The molecule has 0 aromatic carbocycles. The predicted octanol–water partition coefficient (Wildman–Crippen LogP) is 1.03. The van der Waals surface area contributed by atoms with Crippen LogP contribution < -0.4 is 0 Å². The second-order valence-corrected chi connectivity index (χ2v) is 1.04. The van der Waals surface area contributed by atoms with Crippen LogP contribution in [0.5, 0.6) is 0 Å². The van der Waals surface area contributed by atoms with Crippen LogP contribution in [0, 0.1) is 7.11 Å². The monoisotopic (exact) mass is 125 g/mol. The zero-order chi connectivity index (χ0) is 6.41. The van der Waals surface area contributed by atoms with E-state index in [4.69, 9.17) is 0 Å². The summed E-state index contributed by atoms with van der Waals surface area (Å²) in [6.07, 6.45) is 0. The maximum Gasteiger partial charge on any atom is 0.345 e. The van der Waals surface area contributed by atoms with E-state index in [-0.39, 0.29) is 13.2 Å². The molecule has 0 fully saturated rings. The van der Waals surface area contributed by atoms with Gasteiger partial charge in [0.2, 0.25) is 0 Å². The highest BCUT2D eigenvalue weighted by molar-refractivity contribution is 4.24. The predicted molar refractivity (Wildman–Crippen MR) is 23.3 cm³/mol. The van der Waals surface area contributed by atoms with Crippen LogP contribution in [0.25, 0.3) is 0 Å². The Morgan fingerprint density at radius 3 is 2.38 bits per heavy atom. The fourth-order valence-corrected chi connectivity index (χ4v) is 0.196. The molecule has 0 heterocycles. The van der Waals surface area contributed by atoms with E-state index in [1.165, 1.54) is 0 Å². The molecule has 4 heteroatoms. The van der Waals surface area contributed by atoms with Crippen molar-refractivity contribution >= 4 is 0 Å². The quantitative estimate of drug-likeness (QED) is 0.522. The first-order valence-electron chi connectivity index (χ1n) is 2.04. The van der Waals surface area contributed by atoms with Gasteiger partial charge in [0.05, 0.1) is 20.3 Å². The van der Waals surface area contributed by atoms with Crippen LogP contribution in [0.2, 0.25) is 0 Å². The summed E-state index contributed by atoms with van der Waals surface area (Å²) in [5.41, 5.74) is 0. The van der Waals surface area contributed by atoms with Crippen LogP contribution >= 0.6 is 0 Å². The van der Waals surface area contributed by atoms with Gasteiger partial charge in [0.25, 0.3) is 0 Å². The average molecular weight is 125 g/mol. The van der Waals surface area contributed by atoms with Crippen LogP contribution in [0.15, 0.2) is 0 Å². The Bertz CT molecular complexity index is 49.3. The summed E-state index contributed by atoms with van der Waals surface area (Å²) < 4.78 is 30.1. The van der Waals surface area contributed by atoms with E-state index < -0.39 is 6.61 Å². The molecule has 0 atom stereocenters. The zero-order valence-corrected chi connectivity index (χ0v) is 4.27. The number of hydrogen-bond acceptors (Lipinski definition) is 2. The molecule has 0 N–H and O–H groups in total. The summed E-state index contributed by atoms with van der Waals surface area (Å²) >= 11 is 0. The van der Waals surface area contributed by atoms with E-state index in [2.05, 4.69) is 16.6 Å². The number of hydrogen-bond donors (Lipinski definition) is 0. The Kier molecular flexibility index (Phi) is 4.79. The van der Waals surface area contributed by atoms with Crippen molar-refractivity contribution in [2.45, 2.75) is 6.61 Å². The van der Waals surface area contributed by atoms with Crippen molar-refractivity contribution in [1.82, 2.24) is 0 Å². The molecule has 0 bridgehead atoms. The van der Waals surface area contributed by atoms with E-state index in [0.717, 1.165) is 0 Å². The summed E-state index contributed by atoms with van der Waals surface area (Å²) in [7, 11) is 2.96.